The molecule has 1 aromatic carbocycles. The number of ether oxygens (including phenoxy) is 1. The molecular formula is C17H23FN2O4. The minimum atomic E-state index is -1.56. The average Bonchev–Trinajstić information content (AvgIpc) is 2.55. The Labute approximate surface area is 140 Å². The summed E-state index contributed by atoms with van der Waals surface area (Å²) < 4.78 is 18.5. The van der Waals surface area contributed by atoms with Crippen molar-refractivity contribution < 1.29 is 23.8 Å². The van der Waals surface area contributed by atoms with Gasteiger partial charge in [0.15, 0.2) is 17.2 Å². The first kappa shape index (κ1) is 18.2. The van der Waals surface area contributed by atoms with Crippen LogP contribution in [0.25, 0.3) is 0 Å². The number of nitrogens with one attached hydrogen (secondary N) is 1. The molecule has 1 atom stereocenters. The van der Waals surface area contributed by atoms with E-state index >= 15 is 0 Å². The molecule has 6 nitrogen and oxygen atoms in total. The second-order valence-electron chi connectivity index (χ2n) is 6.05. The molecule has 1 aliphatic rings. The van der Waals surface area contributed by atoms with Crippen molar-refractivity contribution in [3.63, 3.8) is 0 Å². The minimum absolute atomic E-state index is 0.00529. The van der Waals surface area contributed by atoms with Crippen molar-refractivity contribution in [3.05, 3.63) is 29.6 Å². The van der Waals surface area contributed by atoms with E-state index in [-0.39, 0.29) is 24.7 Å². The molecule has 0 aromatic heterocycles. The quantitative estimate of drug-likeness (QED) is 0.835. The van der Waals surface area contributed by atoms with Crippen LogP contribution in [-0.4, -0.2) is 54.2 Å². The number of benzene rings is 1. The van der Waals surface area contributed by atoms with Crippen LogP contribution in [-0.2, 0) is 16.0 Å². The van der Waals surface area contributed by atoms with Crippen molar-refractivity contribution >= 4 is 11.8 Å². The smallest absolute Gasteiger partial charge is 0.253 e. The predicted molar refractivity (Wildman–Crippen MR) is 86.1 cm³/mol. The van der Waals surface area contributed by atoms with Gasteiger partial charge in [0.1, 0.15) is 0 Å². The Kier molecular flexibility index (Phi) is 5.77. The molecule has 132 valence electrons. The van der Waals surface area contributed by atoms with E-state index in [4.69, 9.17) is 4.74 Å². The first-order valence-corrected chi connectivity index (χ1v) is 7.94. The molecule has 2 N–H and O–H groups in total. The fourth-order valence-corrected chi connectivity index (χ4v) is 2.84. The number of β-amino-alcohol motifs (C(OH)–C–C–N with tert-alkyl or cyclic N) is 1. The zero-order valence-electron chi connectivity index (χ0n) is 14.0. The number of likely N-dealkylation sites (tertiary alicyclic amines) is 1. The van der Waals surface area contributed by atoms with Crippen molar-refractivity contribution in [2.24, 2.45) is 0 Å². The third-order valence-corrected chi connectivity index (χ3v) is 4.25. The lowest BCUT2D eigenvalue weighted by Crippen LogP contribution is -2.58. The second kappa shape index (κ2) is 7.61. The SMILES string of the molecule is COc1ccc(CCNC(=O)C2(O)CCCN(C(C)=O)C2)cc1F. The van der Waals surface area contributed by atoms with Gasteiger partial charge >= 0.3 is 0 Å². The molecule has 1 unspecified atom stereocenters. The van der Waals surface area contributed by atoms with E-state index in [1.54, 1.807) is 6.07 Å². The molecule has 1 saturated heterocycles. The Morgan fingerprint density at radius 1 is 1.46 bits per heavy atom. The van der Waals surface area contributed by atoms with Gasteiger partial charge in [-0.2, -0.15) is 0 Å². The molecule has 24 heavy (non-hydrogen) atoms. The lowest BCUT2D eigenvalue weighted by atomic mass is 9.91. The zero-order valence-corrected chi connectivity index (χ0v) is 14.0. The number of nitrogens with zero attached hydrogens (tertiary/aromatic N) is 1. The van der Waals surface area contributed by atoms with Gasteiger partial charge in [-0.3, -0.25) is 9.59 Å². The standard InChI is InChI=1S/C17H23FN2O4/c1-12(21)20-9-3-7-17(23,11-20)16(22)19-8-6-13-4-5-15(24-2)14(18)10-13/h4-5,10,23H,3,6-9,11H2,1-2H3,(H,19,22). The highest BCUT2D eigenvalue weighted by molar-refractivity contribution is 5.86. The molecule has 1 aliphatic heterocycles. The molecule has 1 fully saturated rings. The Morgan fingerprint density at radius 3 is 2.83 bits per heavy atom. The average molecular weight is 338 g/mol. The summed E-state index contributed by atoms with van der Waals surface area (Å²) in [5, 5.41) is 13.2. The number of carbonyl (C=O) groups excluding carboxylic acids is 2. The highest BCUT2D eigenvalue weighted by atomic mass is 19.1. The third kappa shape index (κ3) is 4.23. The fraction of sp³-hybridized carbons (Fsp3) is 0.529. The van der Waals surface area contributed by atoms with E-state index in [1.807, 2.05) is 0 Å². The maximum Gasteiger partial charge on any atom is 0.253 e. The van der Waals surface area contributed by atoms with Crippen LogP contribution in [0.5, 0.6) is 5.75 Å². The number of carbonyl (C=O) groups is 2. The summed E-state index contributed by atoms with van der Waals surface area (Å²) in [5.74, 6) is -0.940. The summed E-state index contributed by atoms with van der Waals surface area (Å²) in [6.07, 6.45) is 1.33. The van der Waals surface area contributed by atoms with Crippen molar-refractivity contribution in [2.45, 2.75) is 31.8 Å². The van der Waals surface area contributed by atoms with Crippen molar-refractivity contribution in [1.82, 2.24) is 10.2 Å². The van der Waals surface area contributed by atoms with Crippen LogP contribution in [0.2, 0.25) is 0 Å². The van der Waals surface area contributed by atoms with Gasteiger partial charge in [-0.15, -0.1) is 0 Å². The normalized spacial score (nSPS) is 20.6. The van der Waals surface area contributed by atoms with Gasteiger partial charge in [0.2, 0.25) is 5.91 Å². The number of hydrogen-bond acceptors (Lipinski definition) is 4. The molecule has 2 amide bonds. The van der Waals surface area contributed by atoms with Crippen LogP contribution < -0.4 is 10.1 Å². The van der Waals surface area contributed by atoms with E-state index in [0.29, 0.717) is 25.8 Å². The third-order valence-electron chi connectivity index (χ3n) is 4.25. The maximum absolute atomic E-state index is 13.6. The zero-order chi connectivity index (χ0) is 17.7. The predicted octanol–water partition coefficient (Wildman–Crippen LogP) is 0.866. The van der Waals surface area contributed by atoms with Crippen LogP contribution >= 0.6 is 0 Å². The number of halogens is 1. The number of methoxy groups -OCH3 is 1. The van der Waals surface area contributed by atoms with Gasteiger partial charge < -0.3 is 20.1 Å². The fourth-order valence-electron chi connectivity index (χ4n) is 2.84. The Hall–Kier alpha value is -2.15. The van der Waals surface area contributed by atoms with Crippen LogP contribution in [0, 0.1) is 5.82 Å². The van der Waals surface area contributed by atoms with Crippen molar-refractivity contribution in [3.8, 4) is 5.75 Å². The maximum atomic E-state index is 13.6. The lowest BCUT2D eigenvalue weighted by Gasteiger charge is -2.37. The van der Waals surface area contributed by atoms with Gasteiger partial charge in [-0.25, -0.2) is 4.39 Å². The van der Waals surface area contributed by atoms with Crippen LogP contribution in [0.15, 0.2) is 18.2 Å². The molecule has 7 heteroatoms. The summed E-state index contributed by atoms with van der Waals surface area (Å²) >= 11 is 0. The molecule has 2 rings (SSSR count). The van der Waals surface area contributed by atoms with E-state index in [9.17, 15) is 19.1 Å². The van der Waals surface area contributed by atoms with Gasteiger partial charge in [0.25, 0.3) is 5.91 Å². The van der Waals surface area contributed by atoms with Gasteiger partial charge in [0, 0.05) is 20.0 Å². The summed E-state index contributed by atoms with van der Waals surface area (Å²) in [6.45, 7) is 2.25. The van der Waals surface area contributed by atoms with Gasteiger partial charge in [-0.1, -0.05) is 6.07 Å². The molecule has 0 spiro atoms. The highest BCUT2D eigenvalue weighted by Gasteiger charge is 2.40. The molecule has 0 bridgehead atoms. The second-order valence-corrected chi connectivity index (χ2v) is 6.05. The van der Waals surface area contributed by atoms with E-state index in [1.165, 1.54) is 31.1 Å². The highest BCUT2D eigenvalue weighted by Crippen LogP contribution is 2.22. The van der Waals surface area contributed by atoms with Gasteiger partial charge in [0.05, 0.1) is 13.7 Å². The van der Waals surface area contributed by atoms with Crippen molar-refractivity contribution in [1.29, 1.82) is 0 Å². The molecule has 0 saturated carbocycles. The Bertz CT molecular complexity index is 623. The summed E-state index contributed by atoms with van der Waals surface area (Å²) in [5.41, 5.74) is -0.843. The number of hydrogen-bond donors (Lipinski definition) is 2. The number of piperidine rings is 1. The number of amides is 2. The molecular weight excluding hydrogens is 315 g/mol. The van der Waals surface area contributed by atoms with Crippen LogP contribution in [0.4, 0.5) is 4.39 Å². The van der Waals surface area contributed by atoms with Crippen LogP contribution in [0.1, 0.15) is 25.3 Å². The molecule has 1 heterocycles. The van der Waals surface area contributed by atoms with Crippen LogP contribution in [0.3, 0.4) is 0 Å². The monoisotopic (exact) mass is 338 g/mol. The molecule has 0 radical (unpaired) electrons. The lowest BCUT2D eigenvalue weighted by molar-refractivity contribution is -0.150. The first-order valence-electron chi connectivity index (χ1n) is 7.94. The van der Waals surface area contributed by atoms with E-state index in [2.05, 4.69) is 5.32 Å². The number of rotatable bonds is 5. The minimum Gasteiger partial charge on any atom is -0.494 e. The first-order chi connectivity index (χ1) is 11.4. The van der Waals surface area contributed by atoms with Gasteiger partial charge in [-0.05, 0) is 37.0 Å². The molecule has 1 aromatic rings. The summed E-state index contributed by atoms with van der Waals surface area (Å²) in [4.78, 5) is 25.2. The Balaban J connectivity index is 1.88. The summed E-state index contributed by atoms with van der Waals surface area (Å²) in [7, 11) is 1.40. The van der Waals surface area contributed by atoms with Crippen molar-refractivity contribution in [2.75, 3.05) is 26.7 Å². The molecule has 0 aliphatic carbocycles. The topological polar surface area (TPSA) is 78.9 Å². The van der Waals surface area contributed by atoms with E-state index in [0.717, 1.165) is 5.56 Å². The Morgan fingerprint density at radius 2 is 2.21 bits per heavy atom. The summed E-state index contributed by atoms with van der Waals surface area (Å²) in [6, 6.07) is 4.62. The van der Waals surface area contributed by atoms with E-state index < -0.39 is 17.3 Å². The number of aliphatic hydroxyl groups is 1. The largest absolute Gasteiger partial charge is 0.494 e.